The molecule has 0 saturated heterocycles. The maximum atomic E-state index is 10.8. The quantitative estimate of drug-likeness (QED) is 0.243. The molecule has 1 aromatic heterocycles. The molecule has 0 saturated carbocycles. The normalized spacial score (nSPS) is 14.4. The first-order valence-corrected chi connectivity index (χ1v) is 11.4. The fourth-order valence-corrected chi connectivity index (χ4v) is 3.24. The minimum absolute atomic E-state index is 0.260. The maximum absolute atomic E-state index is 10.8. The molecular formula is C18H35N2O6P. The molecule has 0 aromatic carbocycles. The number of nitrogens with zero attached hydrogens (tertiary/aromatic N) is 1. The summed E-state index contributed by atoms with van der Waals surface area (Å²) in [6.45, 7) is 1.33. The van der Waals surface area contributed by atoms with Gasteiger partial charge in [-0.3, -0.25) is 4.52 Å². The number of rotatable bonds is 16. The first-order valence-electron chi connectivity index (χ1n) is 9.82. The van der Waals surface area contributed by atoms with Gasteiger partial charge in [-0.25, -0.2) is 4.57 Å². The molecule has 1 heterocycles. The van der Waals surface area contributed by atoms with Gasteiger partial charge in [0.25, 0.3) is 0 Å². The van der Waals surface area contributed by atoms with E-state index in [1.54, 1.807) is 0 Å². The van der Waals surface area contributed by atoms with Crippen molar-refractivity contribution in [1.29, 1.82) is 0 Å². The van der Waals surface area contributed by atoms with Crippen molar-refractivity contribution in [3.05, 3.63) is 17.5 Å². The van der Waals surface area contributed by atoms with E-state index in [1.165, 1.54) is 44.9 Å². The van der Waals surface area contributed by atoms with Crippen molar-refractivity contribution in [2.45, 2.75) is 83.1 Å². The van der Waals surface area contributed by atoms with E-state index in [0.717, 1.165) is 18.5 Å². The van der Waals surface area contributed by atoms with Crippen LogP contribution in [0.1, 0.15) is 76.2 Å². The zero-order chi connectivity index (χ0) is 20.2. The van der Waals surface area contributed by atoms with E-state index in [-0.39, 0.29) is 6.42 Å². The molecule has 1 aromatic rings. The van der Waals surface area contributed by atoms with Gasteiger partial charge in [0.15, 0.2) is 0 Å². The molecule has 0 fully saturated rings. The highest BCUT2D eigenvalue weighted by atomic mass is 31.2. The van der Waals surface area contributed by atoms with Crippen molar-refractivity contribution in [1.82, 2.24) is 5.16 Å². The molecule has 0 aliphatic rings. The second-order valence-corrected chi connectivity index (χ2v) is 8.53. The van der Waals surface area contributed by atoms with Crippen LogP contribution in [0.2, 0.25) is 0 Å². The fourth-order valence-electron chi connectivity index (χ4n) is 2.81. The molecule has 0 aliphatic heterocycles. The molecule has 1 unspecified atom stereocenters. The lowest BCUT2D eigenvalue weighted by atomic mass is 9.96. The standard InChI is InChI=1S/C18H35N2O6P/c1-2-3-4-5-6-7-8-9-10-16-13-17(26-20-16)11-12-18(19,14-21)15-25-27(22,23)24/h13,21H,2-12,14-15,19H2,1H3,(H2,22,23,24). The molecule has 0 radical (unpaired) electrons. The average molecular weight is 406 g/mol. The SMILES string of the molecule is CCCCCCCCCCc1cc(CCC(N)(CO)COP(=O)(O)O)on1. The molecule has 1 rings (SSSR count). The van der Waals surface area contributed by atoms with Crippen molar-refractivity contribution in [3.63, 3.8) is 0 Å². The second-order valence-electron chi connectivity index (χ2n) is 7.29. The summed E-state index contributed by atoms with van der Waals surface area (Å²) in [6, 6.07) is 1.88. The third-order valence-corrected chi connectivity index (χ3v) is 5.06. The number of nitrogens with two attached hydrogens (primary N) is 1. The Hall–Kier alpha value is -0.760. The van der Waals surface area contributed by atoms with E-state index < -0.39 is 26.6 Å². The molecule has 8 nitrogen and oxygen atoms in total. The van der Waals surface area contributed by atoms with E-state index in [4.69, 9.17) is 20.0 Å². The lowest BCUT2D eigenvalue weighted by Gasteiger charge is -2.26. The van der Waals surface area contributed by atoms with E-state index in [9.17, 15) is 9.67 Å². The third-order valence-electron chi connectivity index (χ3n) is 4.60. The Bertz CT molecular complexity index is 562. The first kappa shape index (κ1) is 24.3. The smallest absolute Gasteiger partial charge is 0.394 e. The van der Waals surface area contributed by atoms with E-state index in [2.05, 4.69) is 16.6 Å². The van der Waals surface area contributed by atoms with E-state index >= 15 is 0 Å². The Balaban J connectivity index is 2.26. The highest BCUT2D eigenvalue weighted by molar-refractivity contribution is 7.46. The Morgan fingerprint density at radius 1 is 1.15 bits per heavy atom. The minimum atomic E-state index is -4.62. The molecule has 27 heavy (non-hydrogen) atoms. The number of aliphatic hydroxyl groups excluding tert-OH is 1. The largest absolute Gasteiger partial charge is 0.469 e. The molecule has 9 heteroatoms. The minimum Gasteiger partial charge on any atom is -0.394 e. The van der Waals surface area contributed by atoms with E-state index in [0.29, 0.717) is 12.2 Å². The number of aliphatic hydroxyl groups is 1. The monoisotopic (exact) mass is 406 g/mol. The Morgan fingerprint density at radius 2 is 1.78 bits per heavy atom. The Morgan fingerprint density at radius 3 is 2.37 bits per heavy atom. The van der Waals surface area contributed by atoms with Crippen LogP contribution in [-0.2, 0) is 21.9 Å². The lowest BCUT2D eigenvalue weighted by Crippen LogP contribution is -2.48. The molecule has 0 amide bonds. The number of phosphoric acid groups is 1. The zero-order valence-corrected chi connectivity index (χ0v) is 17.2. The highest BCUT2D eigenvalue weighted by Gasteiger charge is 2.29. The number of aromatic nitrogens is 1. The number of unbranched alkanes of at least 4 members (excludes halogenated alkanes) is 7. The lowest BCUT2D eigenvalue weighted by molar-refractivity contribution is 0.101. The number of aryl methyl sites for hydroxylation is 2. The molecule has 0 aliphatic carbocycles. The summed E-state index contributed by atoms with van der Waals surface area (Å²) in [5.41, 5.74) is 5.59. The number of phosphoric ester groups is 1. The van der Waals surface area contributed by atoms with Gasteiger partial charge in [0.2, 0.25) is 0 Å². The van der Waals surface area contributed by atoms with Crippen molar-refractivity contribution >= 4 is 7.82 Å². The molecular weight excluding hydrogens is 371 g/mol. The van der Waals surface area contributed by atoms with Gasteiger partial charge in [-0.1, -0.05) is 57.0 Å². The molecule has 1 atom stereocenters. The summed E-state index contributed by atoms with van der Waals surface area (Å²) >= 11 is 0. The summed E-state index contributed by atoms with van der Waals surface area (Å²) in [7, 11) is -4.62. The molecule has 5 N–H and O–H groups in total. The van der Waals surface area contributed by atoms with Crippen molar-refractivity contribution in [3.8, 4) is 0 Å². The highest BCUT2D eigenvalue weighted by Crippen LogP contribution is 2.36. The second kappa shape index (κ2) is 12.6. The first-order chi connectivity index (χ1) is 12.8. The van der Waals surface area contributed by atoms with Gasteiger partial charge in [0.1, 0.15) is 5.76 Å². The maximum Gasteiger partial charge on any atom is 0.469 e. The van der Waals surface area contributed by atoms with Gasteiger partial charge < -0.3 is 25.2 Å². The van der Waals surface area contributed by atoms with E-state index in [1.807, 2.05) is 6.07 Å². The predicted molar refractivity (Wildman–Crippen MR) is 103 cm³/mol. The average Bonchev–Trinajstić information content (AvgIpc) is 3.08. The summed E-state index contributed by atoms with van der Waals surface area (Å²) in [4.78, 5) is 17.5. The van der Waals surface area contributed by atoms with Crippen molar-refractivity contribution < 1.29 is 28.5 Å². The van der Waals surface area contributed by atoms with Gasteiger partial charge >= 0.3 is 7.82 Å². The van der Waals surface area contributed by atoms with Gasteiger partial charge in [0, 0.05) is 12.5 Å². The topological polar surface area (TPSA) is 139 Å². The zero-order valence-electron chi connectivity index (χ0n) is 16.3. The van der Waals surface area contributed by atoms with Crippen LogP contribution in [0.3, 0.4) is 0 Å². The number of hydrogen-bond donors (Lipinski definition) is 4. The van der Waals surface area contributed by atoms with Crippen LogP contribution < -0.4 is 5.73 Å². The van der Waals surface area contributed by atoms with Gasteiger partial charge in [-0.2, -0.15) is 0 Å². The van der Waals surface area contributed by atoms with Crippen LogP contribution in [0.5, 0.6) is 0 Å². The predicted octanol–water partition coefficient (Wildman–Crippen LogP) is 3.09. The summed E-state index contributed by atoms with van der Waals surface area (Å²) in [6.07, 6.45) is 11.6. The van der Waals surface area contributed by atoms with Crippen LogP contribution >= 0.6 is 7.82 Å². The van der Waals surface area contributed by atoms with Crippen LogP contribution in [0.4, 0.5) is 0 Å². The van der Waals surface area contributed by atoms with Crippen LogP contribution in [0.25, 0.3) is 0 Å². The Kier molecular flexibility index (Phi) is 11.4. The van der Waals surface area contributed by atoms with Crippen LogP contribution in [-0.4, -0.2) is 38.8 Å². The van der Waals surface area contributed by atoms with Gasteiger partial charge in [-0.05, 0) is 19.3 Å². The molecule has 0 bridgehead atoms. The van der Waals surface area contributed by atoms with Gasteiger partial charge in [0.05, 0.1) is 24.4 Å². The Labute approximate surface area is 161 Å². The van der Waals surface area contributed by atoms with Crippen molar-refractivity contribution in [2.75, 3.05) is 13.2 Å². The fraction of sp³-hybridized carbons (Fsp3) is 0.833. The molecule has 158 valence electrons. The van der Waals surface area contributed by atoms with Crippen LogP contribution in [0, 0.1) is 0 Å². The summed E-state index contributed by atoms with van der Waals surface area (Å²) in [5.74, 6) is 0.643. The summed E-state index contributed by atoms with van der Waals surface area (Å²) in [5, 5.41) is 13.4. The van der Waals surface area contributed by atoms with Crippen LogP contribution in [0.15, 0.2) is 10.6 Å². The molecule has 0 spiro atoms. The summed E-state index contributed by atoms with van der Waals surface area (Å²) < 4.78 is 20.5. The van der Waals surface area contributed by atoms with Gasteiger partial charge in [-0.15, -0.1) is 0 Å². The number of hydrogen-bond acceptors (Lipinski definition) is 6. The third kappa shape index (κ3) is 11.6. The van der Waals surface area contributed by atoms with Crippen molar-refractivity contribution in [2.24, 2.45) is 5.73 Å².